The molecule has 0 N–H and O–H groups in total. The first kappa shape index (κ1) is 25.3. The Morgan fingerprint density at radius 1 is 1.08 bits per heavy atom. The minimum atomic E-state index is -2.25. The van der Waals surface area contributed by atoms with Crippen LogP contribution >= 0.6 is 27.5 Å². The second-order valence-corrected chi connectivity index (χ2v) is 9.79. The van der Waals surface area contributed by atoms with Gasteiger partial charge in [-0.1, -0.05) is 48.0 Å². The number of fused-ring (bicyclic) bond motifs is 1. The fourth-order valence-electron chi connectivity index (χ4n) is 4.29. The van der Waals surface area contributed by atoms with Crippen molar-refractivity contribution in [1.82, 2.24) is 14.5 Å². The van der Waals surface area contributed by atoms with Crippen molar-refractivity contribution < 1.29 is 28.2 Å². The molecule has 5 rings (SSSR count). The number of alkyl halides is 1. The van der Waals surface area contributed by atoms with Gasteiger partial charge in [-0.3, -0.25) is 0 Å². The van der Waals surface area contributed by atoms with E-state index in [4.69, 9.17) is 25.8 Å². The van der Waals surface area contributed by atoms with Crippen molar-refractivity contribution in [3.8, 4) is 0 Å². The van der Waals surface area contributed by atoms with Crippen molar-refractivity contribution in [1.29, 1.82) is 0 Å². The maximum absolute atomic E-state index is 16.6. The molecule has 2 aromatic carbocycles. The first-order chi connectivity index (χ1) is 17.8. The zero-order valence-electron chi connectivity index (χ0n) is 19.4. The van der Waals surface area contributed by atoms with Gasteiger partial charge >= 0.3 is 11.9 Å². The lowest BCUT2D eigenvalue weighted by molar-refractivity contribution is -0.0609. The van der Waals surface area contributed by atoms with Crippen molar-refractivity contribution in [2.24, 2.45) is 0 Å². The van der Waals surface area contributed by atoms with Gasteiger partial charge in [0.1, 0.15) is 29.8 Å². The Bertz CT molecular complexity index is 1450. The van der Waals surface area contributed by atoms with E-state index in [1.54, 1.807) is 66.9 Å². The average Bonchev–Trinajstić information content (AvgIpc) is 3.37. The summed E-state index contributed by atoms with van der Waals surface area (Å²) in [6.07, 6.45) is -0.996. The number of nitrogens with zero attached hydrogens (tertiary/aromatic N) is 3. The van der Waals surface area contributed by atoms with Crippen LogP contribution in [0.1, 0.15) is 33.9 Å². The highest BCUT2D eigenvalue weighted by molar-refractivity contribution is 9.10. The predicted octanol–water partition coefficient (Wildman–Crippen LogP) is 5.56. The second kappa shape index (κ2) is 10.2. The topological polar surface area (TPSA) is 92.5 Å². The summed E-state index contributed by atoms with van der Waals surface area (Å²) in [6, 6.07) is 16.6. The molecule has 1 fully saturated rings. The number of benzene rings is 2. The van der Waals surface area contributed by atoms with E-state index in [1.807, 2.05) is 0 Å². The van der Waals surface area contributed by atoms with Crippen LogP contribution in [0.25, 0.3) is 11.0 Å². The maximum atomic E-state index is 16.6. The second-order valence-electron chi connectivity index (χ2n) is 8.58. The molecule has 1 aliphatic rings. The molecule has 0 spiro atoms. The highest BCUT2D eigenvalue weighted by Gasteiger charge is 2.58. The van der Waals surface area contributed by atoms with Gasteiger partial charge in [-0.2, -0.15) is 0 Å². The number of carbonyl (C=O) groups is 2. The quantitative estimate of drug-likeness (QED) is 0.215. The summed E-state index contributed by atoms with van der Waals surface area (Å²) in [5.74, 6) is -1.35. The molecule has 0 bridgehead atoms. The van der Waals surface area contributed by atoms with Crippen LogP contribution in [0.2, 0.25) is 5.15 Å². The van der Waals surface area contributed by atoms with Gasteiger partial charge in [0.2, 0.25) is 0 Å². The third kappa shape index (κ3) is 4.84. The van der Waals surface area contributed by atoms with Crippen molar-refractivity contribution in [2.45, 2.75) is 31.0 Å². The third-order valence-corrected chi connectivity index (χ3v) is 6.97. The Hall–Kier alpha value is -3.34. The number of hydrogen-bond donors (Lipinski definition) is 0. The number of carbonyl (C=O) groups excluding carboxylic acids is 2. The largest absolute Gasteiger partial charge is 0.459 e. The van der Waals surface area contributed by atoms with E-state index in [1.165, 1.54) is 17.8 Å². The standard InChI is InChI=1S/C26H20BrClFN3O5/c1-26(29)20(37-24(34)16-10-6-3-7-11-16)18(13-35-23(33)15-8-4-2-5-9-15)36-25(26)32-12-17(27)19-21(28)30-14-31-22(19)32/h2-12,14,18,20,25H,13H2,1H3/t18-,20-,25+,26-/m1/s1. The van der Waals surface area contributed by atoms with E-state index >= 15 is 4.39 Å². The summed E-state index contributed by atoms with van der Waals surface area (Å²) in [4.78, 5) is 33.7. The average molecular weight is 589 g/mol. The van der Waals surface area contributed by atoms with Crippen LogP contribution in [0, 0.1) is 0 Å². The Labute approximate surface area is 224 Å². The third-order valence-electron chi connectivity index (χ3n) is 6.08. The molecule has 8 nitrogen and oxygen atoms in total. The van der Waals surface area contributed by atoms with Crippen LogP contribution in [0.3, 0.4) is 0 Å². The highest BCUT2D eigenvalue weighted by atomic mass is 79.9. The molecular weight excluding hydrogens is 569 g/mol. The van der Waals surface area contributed by atoms with E-state index in [2.05, 4.69) is 25.9 Å². The van der Waals surface area contributed by atoms with E-state index < -0.39 is 36.0 Å². The molecule has 0 radical (unpaired) electrons. The Balaban J connectivity index is 1.47. The van der Waals surface area contributed by atoms with Crippen LogP contribution in [0.4, 0.5) is 4.39 Å². The van der Waals surface area contributed by atoms with Crippen LogP contribution in [-0.4, -0.2) is 51.0 Å². The maximum Gasteiger partial charge on any atom is 0.338 e. The summed E-state index contributed by atoms with van der Waals surface area (Å²) in [7, 11) is 0. The van der Waals surface area contributed by atoms with Gasteiger partial charge in [0, 0.05) is 10.7 Å². The summed E-state index contributed by atoms with van der Waals surface area (Å²) in [5, 5.41) is 0.648. The molecule has 0 aliphatic carbocycles. The fraction of sp³-hybridized carbons (Fsp3) is 0.231. The highest BCUT2D eigenvalue weighted by Crippen LogP contribution is 2.46. The SMILES string of the molecule is C[C@@]1(F)[C@H](OC(=O)c2ccccc2)[C@@H](COC(=O)c2ccccc2)O[C@@H]1n1cc(Br)c2c(Cl)ncnc21. The van der Waals surface area contributed by atoms with E-state index in [0.29, 0.717) is 21.1 Å². The number of halogens is 3. The van der Waals surface area contributed by atoms with Crippen LogP contribution in [0.5, 0.6) is 0 Å². The minimum Gasteiger partial charge on any atom is -0.459 e. The number of ether oxygens (including phenoxy) is 3. The van der Waals surface area contributed by atoms with E-state index in [9.17, 15) is 9.59 Å². The zero-order chi connectivity index (χ0) is 26.2. The summed E-state index contributed by atoms with van der Waals surface area (Å²) in [5.41, 5.74) is -1.37. The Kier molecular flexibility index (Phi) is 6.98. The molecule has 2 aromatic heterocycles. The van der Waals surface area contributed by atoms with Crippen molar-refractivity contribution in [3.05, 3.63) is 93.9 Å². The van der Waals surface area contributed by atoms with Gasteiger partial charge in [0.05, 0.1) is 16.5 Å². The number of aromatic nitrogens is 3. The lowest BCUT2D eigenvalue weighted by Gasteiger charge is -2.28. The molecule has 11 heteroatoms. The molecule has 1 saturated heterocycles. The smallest absolute Gasteiger partial charge is 0.338 e. The predicted molar refractivity (Wildman–Crippen MR) is 136 cm³/mol. The van der Waals surface area contributed by atoms with Gasteiger partial charge in [0.25, 0.3) is 0 Å². The van der Waals surface area contributed by atoms with E-state index in [0.717, 1.165) is 0 Å². The summed E-state index contributed by atoms with van der Waals surface area (Å²) in [6.45, 7) is 0.911. The van der Waals surface area contributed by atoms with Gasteiger partial charge in [-0.25, -0.2) is 23.9 Å². The molecular formula is C26H20BrClFN3O5. The Morgan fingerprint density at radius 3 is 2.35 bits per heavy atom. The normalized spacial score (nSPS) is 23.2. The molecule has 0 unspecified atom stereocenters. The Morgan fingerprint density at radius 2 is 1.70 bits per heavy atom. The molecule has 37 heavy (non-hydrogen) atoms. The number of hydrogen-bond acceptors (Lipinski definition) is 7. The lowest BCUT2D eigenvalue weighted by Crippen LogP contribution is -2.44. The van der Waals surface area contributed by atoms with Crippen molar-refractivity contribution in [2.75, 3.05) is 6.61 Å². The molecule has 0 saturated carbocycles. The lowest BCUT2D eigenvalue weighted by atomic mass is 9.98. The van der Waals surface area contributed by atoms with Crippen LogP contribution in [0.15, 0.2) is 77.7 Å². The molecule has 1 aliphatic heterocycles. The summed E-state index contributed by atoms with van der Waals surface area (Å²) >= 11 is 9.65. The van der Waals surface area contributed by atoms with Crippen LogP contribution in [-0.2, 0) is 14.2 Å². The zero-order valence-corrected chi connectivity index (χ0v) is 21.7. The molecule has 0 amide bonds. The number of esters is 2. The first-order valence-corrected chi connectivity index (χ1v) is 12.4. The van der Waals surface area contributed by atoms with Gasteiger partial charge < -0.3 is 18.8 Å². The van der Waals surface area contributed by atoms with Gasteiger partial charge in [0.15, 0.2) is 18.0 Å². The van der Waals surface area contributed by atoms with Crippen molar-refractivity contribution in [3.63, 3.8) is 0 Å². The first-order valence-electron chi connectivity index (χ1n) is 11.3. The molecule has 190 valence electrons. The van der Waals surface area contributed by atoms with Crippen molar-refractivity contribution >= 4 is 50.5 Å². The number of rotatable bonds is 6. The monoisotopic (exact) mass is 587 g/mol. The molecule has 4 atom stereocenters. The fourth-order valence-corrected chi connectivity index (χ4v) is 5.22. The van der Waals surface area contributed by atoms with Crippen LogP contribution < -0.4 is 0 Å². The van der Waals surface area contributed by atoms with Gasteiger partial charge in [-0.05, 0) is 47.1 Å². The minimum absolute atomic E-state index is 0.176. The van der Waals surface area contributed by atoms with Gasteiger partial charge in [-0.15, -0.1) is 0 Å². The molecule has 3 heterocycles. The van der Waals surface area contributed by atoms with E-state index in [-0.39, 0.29) is 17.3 Å². The summed E-state index contributed by atoms with van der Waals surface area (Å²) < 4.78 is 35.7. The molecule has 4 aromatic rings.